The lowest BCUT2D eigenvalue weighted by atomic mass is 9.97. The molecule has 2 N–H and O–H groups in total. The Morgan fingerprint density at radius 2 is 2.17 bits per heavy atom. The number of rotatable bonds is 4. The van der Waals surface area contributed by atoms with Gasteiger partial charge in [0.1, 0.15) is 0 Å². The van der Waals surface area contributed by atoms with E-state index in [0.29, 0.717) is 36.2 Å². The number of carbonyl (C=O) groups excluding carboxylic acids is 2. The number of nitrogens with one attached hydrogen (secondary N) is 2. The van der Waals surface area contributed by atoms with E-state index in [-0.39, 0.29) is 11.9 Å². The number of likely N-dealkylation sites (tertiary alicyclic amines) is 1. The second-order valence-electron chi connectivity index (χ2n) is 5.81. The van der Waals surface area contributed by atoms with E-state index in [9.17, 15) is 9.59 Å². The molecule has 2 aromatic rings. The number of nitrogens with zero attached hydrogens (tertiary/aromatic N) is 4. The summed E-state index contributed by atoms with van der Waals surface area (Å²) in [5, 5.41) is 12.2. The molecule has 3 rings (SSSR count). The van der Waals surface area contributed by atoms with E-state index >= 15 is 0 Å². The van der Waals surface area contributed by atoms with E-state index in [0.717, 1.165) is 12.8 Å². The molecule has 1 saturated heterocycles. The van der Waals surface area contributed by atoms with E-state index in [2.05, 4.69) is 20.7 Å². The number of urea groups is 1. The van der Waals surface area contributed by atoms with Crippen molar-refractivity contribution in [3.05, 3.63) is 29.5 Å². The van der Waals surface area contributed by atoms with Crippen LogP contribution in [0.5, 0.6) is 0 Å². The topological polar surface area (TPSA) is 92.2 Å². The number of hydrogen-bond donors (Lipinski definition) is 2. The molecule has 24 heavy (non-hydrogen) atoms. The molecule has 0 radical (unpaired) electrons. The first-order valence-electron chi connectivity index (χ1n) is 7.84. The lowest BCUT2D eigenvalue weighted by molar-refractivity contribution is 0.0938. The third-order valence-electron chi connectivity index (χ3n) is 4.07. The summed E-state index contributed by atoms with van der Waals surface area (Å²) in [7, 11) is 1.78. The molecule has 0 saturated carbocycles. The molecule has 1 aliphatic rings. The molecule has 0 unspecified atom stereocenters. The molecule has 0 aromatic carbocycles. The van der Waals surface area contributed by atoms with Crippen molar-refractivity contribution in [2.24, 2.45) is 13.0 Å². The zero-order valence-corrected chi connectivity index (χ0v) is 14.3. The van der Waals surface area contributed by atoms with Gasteiger partial charge in [-0.25, -0.2) is 9.78 Å². The average Bonchev–Trinajstić information content (AvgIpc) is 3.24. The van der Waals surface area contributed by atoms with Crippen molar-refractivity contribution < 1.29 is 9.59 Å². The van der Waals surface area contributed by atoms with E-state index in [1.165, 1.54) is 11.3 Å². The van der Waals surface area contributed by atoms with Gasteiger partial charge in [-0.15, -0.1) is 11.3 Å². The second kappa shape index (κ2) is 7.43. The van der Waals surface area contributed by atoms with E-state index in [1.54, 1.807) is 35.2 Å². The van der Waals surface area contributed by atoms with Crippen molar-refractivity contribution in [3.63, 3.8) is 0 Å². The summed E-state index contributed by atoms with van der Waals surface area (Å²) < 4.78 is 1.61. The highest BCUT2D eigenvalue weighted by Crippen LogP contribution is 2.18. The second-order valence-corrected chi connectivity index (χ2v) is 6.71. The van der Waals surface area contributed by atoms with Crippen molar-refractivity contribution in [3.8, 4) is 0 Å². The number of aryl methyl sites for hydroxylation is 1. The first-order valence-corrected chi connectivity index (χ1v) is 8.72. The molecule has 2 aromatic heterocycles. The molecule has 3 heterocycles. The van der Waals surface area contributed by atoms with Gasteiger partial charge in [0.2, 0.25) is 0 Å². The molecule has 1 fully saturated rings. The van der Waals surface area contributed by atoms with Gasteiger partial charge in [-0.3, -0.25) is 14.8 Å². The van der Waals surface area contributed by atoms with Gasteiger partial charge in [0, 0.05) is 44.5 Å². The van der Waals surface area contributed by atoms with Crippen molar-refractivity contribution in [2.75, 3.05) is 25.0 Å². The van der Waals surface area contributed by atoms with Gasteiger partial charge in [0.25, 0.3) is 5.91 Å². The Balaban J connectivity index is 1.40. The Hall–Kier alpha value is -2.42. The van der Waals surface area contributed by atoms with Crippen molar-refractivity contribution in [1.82, 2.24) is 25.0 Å². The number of hydrogen-bond acceptors (Lipinski definition) is 5. The number of thiazole rings is 1. The Morgan fingerprint density at radius 3 is 2.79 bits per heavy atom. The van der Waals surface area contributed by atoms with Gasteiger partial charge >= 0.3 is 6.03 Å². The van der Waals surface area contributed by atoms with Crippen LogP contribution in [0.25, 0.3) is 0 Å². The zero-order valence-electron chi connectivity index (χ0n) is 13.4. The molecule has 9 heteroatoms. The van der Waals surface area contributed by atoms with Crippen LogP contribution in [-0.2, 0) is 7.05 Å². The highest BCUT2D eigenvalue weighted by Gasteiger charge is 2.23. The number of carbonyl (C=O) groups is 2. The van der Waals surface area contributed by atoms with Crippen molar-refractivity contribution in [2.45, 2.75) is 12.8 Å². The number of piperidine rings is 1. The Kier molecular flexibility index (Phi) is 5.09. The van der Waals surface area contributed by atoms with Crippen LogP contribution in [0.1, 0.15) is 23.2 Å². The number of amides is 3. The van der Waals surface area contributed by atoms with Crippen LogP contribution in [0, 0.1) is 5.92 Å². The van der Waals surface area contributed by atoms with E-state index in [1.807, 2.05) is 5.38 Å². The Labute approximate surface area is 143 Å². The summed E-state index contributed by atoms with van der Waals surface area (Å²) in [4.78, 5) is 30.0. The molecule has 128 valence electrons. The predicted molar refractivity (Wildman–Crippen MR) is 91.0 cm³/mol. The third kappa shape index (κ3) is 4.10. The maximum Gasteiger partial charge on any atom is 0.323 e. The summed E-state index contributed by atoms with van der Waals surface area (Å²) in [6.45, 7) is 1.99. The summed E-state index contributed by atoms with van der Waals surface area (Å²) in [6.07, 6.45) is 6.66. The van der Waals surface area contributed by atoms with Gasteiger partial charge in [0.15, 0.2) is 5.13 Å². The first-order chi connectivity index (χ1) is 11.6. The van der Waals surface area contributed by atoms with Gasteiger partial charge in [-0.2, -0.15) is 5.10 Å². The maximum atomic E-state index is 12.1. The SMILES string of the molecule is Cn1cc(C(=O)NCC2CCN(C(=O)Nc3nccs3)CC2)cn1. The smallest absolute Gasteiger partial charge is 0.323 e. The fourth-order valence-electron chi connectivity index (χ4n) is 2.67. The number of aromatic nitrogens is 3. The van der Waals surface area contributed by atoms with Gasteiger partial charge in [-0.1, -0.05) is 0 Å². The monoisotopic (exact) mass is 348 g/mol. The van der Waals surface area contributed by atoms with Crippen LogP contribution < -0.4 is 10.6 Å². The normalized spacial score (nSPS) is 15.3. The molecular weight excluding hydrogens is 328 g/mol. The fourth-order valence-corrected chi connectivity index (χ4v) is 3.19. The van der Waals surface area contributed by atoms with Crippen LogP contribution in [-0.4, -0.2) is 51.2 Å². The van der Waals surface area contributed by atoms with Crippen LogP contribution >= 0.6 is 11.3 Å². The molecule has 1 aliphatic heterocycles. The molecule has 0 aliphatic carbocycles. The van der Waals surface area contributed by atoms with Gasteiger partial charge in [0.05, 0.1) is 11.8 Å². The number of anilines is 1. The minimum absolute atomic E-state index is 0.105. The molecule has 0 spiro atoms. The Morgan fingerprint density at radius 1 is 1.38 bits per heavy atom. The van der Waals surface area contributed by atoms with Gasteiger partial charge < -0.3 is 10.2 Å². The lowest BCUT2D eigenvalue weighted by Crippen LogP contribution is -2.43. The maximum absolute atomic E-state index is 12.1. The fraction of sp³-hybridized carbons (Fsp3) is 0.467. The minimum atomic E-state index is -0.109. The minimum Gasteiger partial charge on any atom is -0.352 e. The highest BCUT2D eigenvalue weighted by atomic mass is 32.1. The summed E-state index contributed by atoms with van der Waals surface area (Å²) in [6, 6.07) is -0.109. The van der Waals surface area contributed by atoms with Crippen molar-refractivity contribution >= 4 is 28.4 Å². The molecule has 8 nitrogen and oxygen atoms in total. The van der Waals surface area contributed by atoms with E-state index in [4.69, 9.17) is 0 Å². The van der Waals surface area contributed by atoms with Crippen LogP contribution in [0.4, 0.5) is 9.93 Å². The molecule has 0 atom stereocenters. The predicted octanol–water partition coefficient (Wildman–Crippen LogP) is 1.55. The van der Waals surface area contributed by atoms with Crippen LogP contribution in [0.3, 0.4) is 0 Å². The largest absolute Gasteiger partial charge is 0.352 e. The van der Waals surface area contributed by atoms with E-state index < -0.39 is 0 Å². The van der Waals surface area contributed by atoms with Crippen molar-refractivity contribution in [1.29, 1.82) is 0 Å². The Bertz CT molecular complexity index is 691. The standard InChI is InChI=1S/C15H20N6O2S/c1-20-10-12(9-18-20)13(22)17-8-11-2-5-21(6-3-11)15(23)19-14-16-4-7-24-14/h4,7,9-11H,2-3,5-6,8H2,1H3,(H,17,22)(H,16,19,23). The van der Waals surface area contributed by atoms with Crippen LogP contribution in [0.15, 0.2) is 24.0 Å². The molecular formula is C15H20N6O2S. The first kappa shape index (κ1) is 16.4. The summed E-state index contributed by atoms with van der Waals surface area (Å²) in [5.41, 5.74) is 0.567. The summed E-state index contributed by atoms with van der Waals surface area (Å²) >= 11 is 1.40. The van der Waals surface area contributed by atoms with Gasteiger partial charge in [-0.05, 0) is 18.8 Å². The molecule has 0 bridgehead atoms. The average molecular weight is 348 g/mol. The zero-order chi connectivity index (χ0) is 16.9. The summed E-state index contributed by atoms with van der Waals surface area (Å²) in [5.74, 6) is 0.279. The quantitative estimate of drug-likeness (QED) is 0.877. The van der Waals surface area contributed by atoms with Crippen LogP contribution in [0.2, 0.25) is 0 Å². The molecule has 3 amide bonds. The third-order valence-corrected chi connectivity index (χ3v) is 4.75. The highest BCUT2D eigenvalue weighted by molar-refractivity contribution is 7.13. The lowest BCUT2D eigenvalue weighted by Gasteiger charge is -2.31.